The molecule has 0 amide bonds. The highest BCUT2D eigenvalue weighted by atomic mass is 16.5. The molecule has 4 nitrogen and oxygen atoms in total. The van der Waals surface area contributed by atoms with Gasteiger partial charge in [-0.15, -0.1) is 0 Å². The predicted octanol–water partition coefficient (Wildman–Crippen LogP) is 4.89. The number of rotatable bonds is 9. The first-order valence-electron chi connectivity index (χ1n) is 9.24. The molecule has 0 spiro atoms. The number of hydrogen-bond donors (Lipinski definition) is 0. The highest BCUT2D eigenvalue weighted by Crippen LogP contribution is 2.22. The molecule has 0 fully saturated rings. The molecular weight excluding hydrogens is 340 g/mol. The zero-order valence-corrected chi connectivity index (χ0v) is 16.6. The number of ketones is 2. The maximum Gasteiger partial charge on any atom is 0.168 e. The van der Waals surface area contributed by atoms with E-state index in [1.54, 1.807) is 19.1 Å². The predicted molar refractivity (Wildman–Crippen MR) is 107 cm³/mol. The summed E-state index contributed by atoms with van der Waals surface area (Å²) in [5, 5.41) is 0. The lowest BCUT2D eigenvalue weighted by Crippen LogP contribution is -2.20. The van der Waals surface area contributed by atoms with E-state index in [4.69, 9.17) is 9.47 Å². The fraction of sp³-hybridized carbons (Fsp3) is 0.391. The van der Waals surface area contributed by atoms with Crippen LogP contribution in [0.1, 0.15) is 50.0 Å². The van der Waals surface area contributed by atoms with Gasteiger partial charge in [-0.05, 0) is 55.3 Å². The molecule has 0 saturated heterocycles. The van der Waals surface area contributed by atoms with Crippen molar-refractivity contribution in [2.45, 2.75) is 40.5 Å². The Hall–Kier alpha value is -2.62. The molecule has 2 rings (SSSR count). The van der Waals surface area contributed by atoms with Gasteiger partial charge in [0.05, 0.1) is 0 Å². The molecule has 0 bridgehead atoms. The van der Waals surface area contributed by atoms with Gasteiger partial charge in [0.25, 0.3) is 0 Å². The van der Waals surface area contributed by atoms with E-state index in [2.05, 4.69) is 0 Å². The molecule has 2 aromatic carbocycles. The van der Waals surface area contributed by atoms with Crippen LogP contribution in [-0.2, 0) is 11.2 Å². The van der Waals surface area contributed by atoms with E-state index in [0.29, 0.717) is 30.9 Å². The topological polar surface area (TPSA) is 52.6 Å². The normalized spacial score (nSPS) is 11.1. The molecular formula is C23H28O4. The third-order valence-corrected chi connectivity index (χ3v) is 4.11. The van der Waals surface area contributed by atoms with Gasteiger partial charge in [-0.25, -0.2) is 0 Å². The molecule has 2 aromatic rings. The Labute approximate surface area is 161 Å². The van der Waals surface area contributed by atoms with Crippen LogP contribution in [0.4, 0.5) is 0 Å². The van der Waals surface area contributed by atoms with E-state index in [1.165, 1.54) is 0 Å². The molecule has 0 N–H and O–H groups in total. The van der Waals surface area contributed by atoms with Gasteiger partial charge in [0.1, 0.15) is 30.5 Å². The van der Waals surface area contributed by atoms with Gasteiger partial charge >= 0.3 is 0 Å². The van der Waals surface area contributed by atoms with Crippen LogP contribution in [0.15, 0.2) is 48.5 Å². The lowest BCUT2D eigenvalue weighted by atomic mass is 9.86. The molecule has 0 atom stereocenters. The Kier molecular flexibility index (Phi) is 7.17. The second-order valence-electron chi connectivity index (χ2n) is 7.65. The summed E-state index contributed by atoms with van der Waals surface area (Å²) < 4.78 is 11.3. The van der Waals surface area contributed by atoms with Crippen molar-refractivity contribution in [3.8, 4) is 11.5 Å². The molecule has 0 radical (unpaired) electrons. The van der Waals surface area contributed by atoms with Crippen molar-refractivity contribution in [2.75, 3.05) is 13.2 Å². The fourth-order valence-electron chi connectivity index (χ4n) is 2.53. The molecule has 0 aliphatic carbocycles. The molecule has 0 aliphatic rings. The highest BCUT2D eigenvalue weighted by Gasteiger charge is 2.22. The van der Waals surface area contributed by atoms with Crippen LogP contribution < -0.4 is 9.47 Å². The summed E-state index contributed by atoms with van der Waals surface area (Å²) in [6.45, 7) is 8.18. The fourth-order valence-corrected chi connectivity index (χ4v) is 2.53. The van der Waals surface area contributed by atoms with Crippen LogP contribution in [0.25, 0.3) is 0 Å². The first kappa shape index (κ1) is 20.7. The third kappa shape index (κ3) is 6.89. The average Bonchev–Trinajstić information content (AvgIpc) is 2.63. The van der Waals surface area contributed by atoms with Crippen LogP contribution in [-0.4, -0.2) is 24.8 Å². The van der Waals surface area contributed by atoms with Gasteiger partial charge in [-0.3, -0.25) is 4.79 Å². The second-order valence-corrected chi connectivity index (χ2v) is 7.65. The number of benzene rings is 2. The van der Waals surface area contributed by atoms with Crippen LogP contribution >= 0.6 is 0 Å². The van der Waals surface area contributed by atoms with Crippen molar-refractivity contribution in [1.29, 1.82) is 0 Å². The molecule has 27 heavy (non-hydrogen) atoms. The summed E-state index contributed by atoms with van der Waals surface area (Å²) in [6.07, 6.45) is 1.32. The van der Waals surface area contributed by atoms with Crippen molar-refractivity contribution in [3.05, 3.63) is 59.7 Å². The number of aryl methyl sites for hydroxylation is 1. The quantitative estimate of drug-likeness (QED) is 0.467. The molecule has 0 heterocycles. The summed E-state index contributed by atoms with van der Waals surface area (Å²) in [7, 11) is 0. The molecule has 0 saturated carbocycles. The van der Waals surface area contributed by atoms with E-state index in [1.807, 2.05) is 57.2 Å². The molecule has 0 aliphatic heterocycles. The zero-order chi connectivity index (χ0) is 19.9. The maximum absolute atomic E-state index is 12.2. The smallest absolute Gasteiger partial charge is 0.168 e. The lowest BCUT2D eigenvalue weighted by Gasteiger charge is -2.16. The second kappa shape index (κ2) is 9.36. The number of carbonyl (C=O) groups is 2. The molecule has 4 heteroatoms. The minimum atomic E-state index is -0.391. The summed E-state index contributed by atoms with van der Waals surface area (Å²) in [5.41, 5.74) is 1.42. The standard InChI is InChI=1S/C23H28O4/c1-17(24)5-6-18-7-11-20(12-8-18)26-15-16-27-21-13-9-19(10-14-21)22(25)23(2,3)4/h7-14H,5-6,15-16H2,1-4H3. The van der Waals surface area contributed by atoms with E-state index in [9.17, 15) is 9.59 Å². The maximum atomic E-state index is 12.2. The van der Waals surface area contributed by atoms with Crippen LogP contribution in [0.3, 0.4) is 0 Å². The Bertz CT molecular complexity index is 752. The van der Waals surface area contributed by atoms with Crippen molar-refractivity contribution in [2.24, 2.45) is 5.41 Å². The summed E-state index contributed by atoms with van der Waals surface area (Å²) in [5.74, 6) is 1.80. The zero-order valence-electron chi connectivity index (χ0n) is 16.6. The van der Waals surface area contributed by atoms with Gasteiger partial charge in [0.2, 0.25) is 0 Å². The summed E-state index contributed by atoms with van der Waals surface area (Å²) >= 11 is 0. The van der Waals surface area contributed by atoms with E-state index in [-0.39, 0.29) is 11.6 Å². The van der Waals surface area contributed by atoms with Gasteiger partial charge in [-0.2, -0.15) is 0 Å². The van der Waals surface area contributed by atoms with Crippen molar-refractivity contribution < 1.29 is 19.1 Å². The van der Waals surface area contributed by atoms with Gasteiger partial charge in [-0.1, -0.05) is 32.9 Å². The van der Waals surface area contributed by atoms with Gasteiger partial charge in [0.15, 0.2) is 5.78 Å². The Balaban J connectivity index is 1.75. The number of ether oxygens (including phenoxy) is 2. The Morgan fingerprint density at radius 3 is 1.74 bits per heavy atom. The number of carbonyl (C=O) groups excluding carboxylic acids is 2. The number of hydrogen-bond acceptors (Lipinski definition) is 4. The third-order valence-electron chi connectivity index (χ3n) is 4.11. The SMILES string of the molecule is CC(=O)CCc1ccc(OCCOc2ccc(C(=O)C(C)(C)C)cc2)cc1. The largest absolute Gasteiger partial charge is 0.490 e. The molecule has 0 aromatic heterocycles. The van der Waals surface area contributed by atoms with Gasteiger partial charge < -0.3 is 14.3 Å². The monoisotopic (exact) mass is 368 g/mol. The Morgan fingerprint density at radius 1 is 0.815 bits per heavy atom. The lowest BCUT2D eigenvalue weighted by molar-refractivity contribution is -0.116. The first-order valence-corrected chi connectivity index (χ1v) is 9.24. The Morgan fingerprint density at radius 2 is 1.30 bits per heavy atom. The highest BCUT2D eigenvalue weighted by molar-refractivity contribution is 5.99. The minimum Gasteiger partial charge on any atom is -0.490 e. The minimum absolute atomic E-state index is 0.115. The molecule has 0 unspecified atom stereocenters. The van der Waals surface area contributed by atoms with E-state index < -0.39 is 5.41 Å². The van der Waals surface area contributed by atoms with Crippen molar-refractivity contribution in [1.82, 2.24) is 0 Å². The summed E-state index contributed by atoms with van der Waals surface area (Å²) in [6, 6.07) is 15.0. The van der Waals surface area contributed by atoms with Crippen molar-refractivity contribution >= 4 is 11.6 Å². The van der Waals surface area contributed by atoms with E-state index >= 15 is 0 Å². The molecule has 144 valence electrons. The summed E-state index contributed by atoms with van der Waals surface area (Å²) in [4.78, 5) is 23.2. The van der Waals surface area contributed by atoms with Crippen molar-refractivity contribution in [3.63, 3.8) is 0 Å². The first-order chi connectivity index (χ1) is 12.8. The number of Topliss-reactive ketones (excluding diaryl/α,β-unsaturated/α-hetero) is 2. The van der Waals surface area contributed by atoms with E-state index in [0.717, 1.165) is 17.7 Å². The van der Waals surface area contributed by atoms with Crippen LogP contribution in [0.2, 0.25) is 0 Å². The van der Waals surface area contributed by atoms with Crippen LogP contribution in [0, 0.1) is 5.41 Å². The average molecular weight is 368 g/mol. The van der Waals surface area contributed by atoms with Crippen LogP contribution in [0.5, 0.6) is 11.5 Å². The van der Waals surface area contributed by atoms with Gasteiger partial charge in [0, 0.05) is 17.4 Å².